The highest BCUT2D eigenvalue weighted by atomic mass is 16.6. The number of esters is 3. The smallest absolute Gasteiger partial charge is 0.306 e. The van der Waals surface area contributed by atoms with E-state index in [4.69, 9.17) is 14.2 Å². The van der Waals surface area contributed by atoms with Crippen molar-refractivity contribution in [3.8, 4) is 0 Å². The second-order valence-corrected chi connectivity index (χ2v) is 24.1. The Morgan fingerprint density at radius 2 is 0.434 bits per heavy atom. The van der Waals surface area contributed by atoms with Gasteiger partial charge in [-0.1, -0.05) is 311 Å². The average Bonchev–Trinajstić information content (AvgIpc) is 3.49. The molecule has 0 aliphatic carbocycles. The van der Waals surface area contributed by atoms with Gasteiger partial charge in [0, 0.05) is 19.3 Å². The van der Waals surface area contributed by atoms with Gasteiger partial charge in [0.05, 0.1) is 0 Å². The van der Waals surface area contributed by atoms with Crippen LogP contribution >= 0.6 is 0 Å². The highest BCUT2D eigenvalue weighted by Gasteiger charge is 2.19. The van der Waals surface area contributed by atoms with Crippen molar-refractivity contribution in [2.75, 3.05) is 13.2 Å². The fourth-order valence-corrected chi connectivity index (χ4v) is 10.4. The van der Waals surface area contributed by atoms with Gasteiger partial charge >= 0.3 is 17.9 Å². The van der Waals surface area contributed by atoms with E-state index in [2.05, 4.69) is 106 Å². The molecule has 0 aromatic carbocycles. The zero-order valence-electron chi connectivity index (χ0n) is 55.2. The lowest BCUT2D eigenvalue weighted by Gasteiger charge is -2.18. The van der Waals surface area contributed by atoms with Gasteiger partial charge in [0.1, 0.15) is 13.2 Å². The van der Waals surface area contributed by atoms with E-state index in [1.54, 1.807) is 0 Å². The van der Waals surface area contributed by atoms with Gasteiger partial charge in [-0.25, -0.2) is 0 Å². The molecule has 0 saturated carbocycles. The van der Waals surface area contributed by atoms with Crippen molar-refractivity contribution in [1.82, 2.24) is 0 Å². The quantitative estimate of drug-likeness (QED) is 0.0261. The number of rotatable bonds is 66. The van der Waals surface area contributed by atoms with Crippen molar-refractivity contribution in [1.29, 1.82) is 0 Å². The first-order valence-corrected chi connectivity index (χ1v) is 36.1. The molecule has 0 heterocycles. The molecule has 6 heteroatoms. The van der Waals surface area contributed by atoms with Crippen LogP contribution in [0.3, 0.4) is 0 Å². The minimum atomic E-state index is -0.789. The second-order valence-electron chi connectivity index (χ2n) is 24.1. The van der Waals surface area contributed by atoms with Crippen LogP contribution in [0.1, 0.15) is 367 Å². The predicted octanol–water partition coefficient (Wildman–Crippen LogP) is 25.0. The summed E-state index contributed by atoms with van der Waals surface area (Å²) < 4.78 is 17.0. The van der Waals surface area contributed by atoms with Gasteiger partial charge in [0.15, 0.2) is 6.10 Å². The Morgan fingerprint density at radius 1 is 0.241 bits per heavy atom. The SMILES string of the molecule is CCCCCCC/C=C\C/C=C\C/C=C\CCCCCCCCCCCCCCC(=O)OCC(COC(=O)CCCCCCCCC/C=C\CCCCCCCC)OC(=O)CCCCCCCC/C=C\C/C=C\C/C=C\CCCCCCC. The molecule has 480 valence electrons. The van der Waals surface area contributed by atoms with Crippen molar-refractivity contribution in [3.63, 3.8) is 0 Å². The Hall–Kier alpha value is -3.41. The first kappa shape index (κ1) is 79.6. The molecule has 1 unspecified atom stereocenters. The summed E-state index contributed by atoms with van der Waals surface area (Å²) in [5.41, 5.74) is 0. The van der Waals surface area contributed by atoms with E-state index in [1.807, 2.05) is 0 Å². The maximum Gasteiger partial charge on any atom is 0.306 e. The molecule has 83 heavy (non-hydrogen) atoms. The summed E-state index contributed by atoms with van der Waals surface area (Å²) in [5, 5.41) is 0. The van der Waals surface area contributed by atoms with E-state index < -0.39 is 6.10 Å². The number of ether oxygens (including phenoxy) is 3. The molecule has 0 radical (unpaired) electrons. The van der Waals surface area contributed by atoms with Gasteiger partial charge in [-0.2, -0.15) is 0 Å². The topological polar surface area (TPSA) is 78.9 Å². The molecular formula is C77H136O6. The molecule has 0 aromatic rings. The van der Waals surface area contributed by atoms with Gasteiger partial charge in [-0.3, -0.25) is 14.4 Å². The van der Waals surface area contributed by atoms with Crippen molar-refractivity contribution in [2.24, 2.45) is 0 Å². The lowest BCUT2D eigenvalue weighted by Crippen LogP contribution is -2.30. The number of hydrogen-bond donors (Lipinski definition) is 0. The Bertz CT molecular complexity index is 1570. The standard InChI is InChI=1S/C77H136O6/c1-4-7-10-13-16-19-22-25-28-31-33-35-36-37-38-39-40-42-43-46-49-52-55-58-61-64-67-70-76(79)82-73-74(72-81-75(78)69-66-63-60-57-54-51-48-45-30-27-24-21-18-15-12-9-6-3)83-77(80)71-68-65-62-59-56-53-50-47-44-41-34-32-29-26-23-20-17-14-11-8-5-2/h22-23,25-27,30-34,36-37,44,47,74H,4-21,24,28-29,35,38-43,45-46,48-73H2,1-3H3/b25-22-,26-23-,30-27-,33-31-,34-32-,37-36-,47-44-. The maximum absolute atomic E-state index is 13.0. The second kappa shape index (κ2) is 71.1. The summed E-state index contributed by atoms with van der Waals surface area (Å²) in [6, 6.07) is 0. The summed E-state index contributed by atoms with van der Waals surface area (Å²) in [7, 11) is 0. The van der Waals surface area contributed by atoms with Crippen molar-refractivity contribution >= 4 is 17.9 Å². The van der Waals surface area contributed by atoms with Crippen LogP contribution in [0.25, 0.3) is 0 Å². The number of unbranched alkanes of at least 4 members (excludes halogenated alkanes) is 41. The molecule has 0 aliphatic rings. The predicted molar refractivity (Wildman–Crippen MR) is 362 cm³/mol. The Kier molecular flexibility index (Phi) is 68.2. The van der Waals surface area contributed by atoms with Crippen LogP contribution in [0.2, 0.25) is 0 Å². The summed E-state index contributed by atoms with van der Waals surface area (Å²) in [5.74, 6) is -0.883. The lowest BCUT2D eigenvalue weighted by molar-refractivity contribution is -0.167. The van der Waals surface area contributed by atoms with Gasteiger partial charge in [0.25, 0.3) is 0 Å². The minimum absolute atomic E-state index is 0.0825. The molecular weight excluding hydrogens is 1020 g/mol. The molecule has 0 saturated heterocycles. The zero-order valence-corrected chi connectivity index (χ0v) is 55.2. The van der Waals surface area contributed by atoms with Crippen LogP contribution in [0.5, 0.6) is 0 Å². The zero-order chi connectivity index (χ0) is 59.9. The minimum Gasteiger partial charge on any atom is -0.462 e. The maximum atomic E-state index is 13.0. The van der Waals surface area contributed by atoms with Gasteiger partial charge in [-0.15, -0.1) is 0 Å². The van der Waals surface area contributed by atoms with Crippen molar-refractivity contribution in [3.05, 3.63) is 85.1 Å². The summed E-state index contributed by atoms with van der Waals surface area (Å²) in [6.07, 6.45) is 94.6. The lowest BCUT2D eigenvalue weighted by atomic mass is 10.0. The third-order valence-corrected chi connectivity index (χ3v) is 15.8. The van der Waals surface area contributed by atoms with Crippen LogP contribution in [0.15, 0.2) is 85.1 Å². The Balaban J connectivity index is 4.36. The molecule has 0 bridgehead atoms. The first-order valence-electron chi connectivity index (χ1n) is 36.1. The van der Waals surface area contributed by atoms with Gasteiger partial charge < -0.3 is 14.2 Å². The Morgan fingerprint density at radius 3 is 0.687 bits per heavy atom. The van der Waals surface area contributed by atoms with E-state index in [0.717, 1.165) is 96.3 Å². The molecule has 0 aromatic heterocycles. The van der Waals surface area contributed by atoms with E-state index in [9.17, 15) is 14.4 Å². The number of allylic oxidation sites excluding steroid dienone is 14. The Labute approximate surface area is 515 Å². The van der Waals surface area contributed by atoms with E-state index in [0.29, 0.717) is 19.3 Å². The van der Waals surface area contributed by atoms with Crippen LogP contribution in [-0.4, -0.2) is 37.2 Å². The molecule has 0 N–H and O–H groups in total. The number of carbonyl (C=O) groups is 3. The molecule has 0 amide bonds. The van der Waals surface area contributed by atoms with Crippen molar-refractivity contribution in [2.45, 2.75) is 374 Å². The molecule has 0 aliphatic heterocycles. The third kappa shape index (κ3) is 69.3. The molecule has 1 atom stereocenters. The van der Waals surface area contributed by atoms with Crippen LogP contribution in [-0.2, 0) is 28.6 Å². The summed E-state index contributed by atoms with van der Waals surface area (Å²) in [4.78, 5) is 38.5. The first-order chi connectivity index (χ1) is 41.0. The molecule has 0 rings (SSSR count). The van der Waals surface area contributed by atoms with Gasteiger partial charge in [0.2, 0.25) is 0 Å². The van der Waals surface area contributed by atoms with E-state index in [-0.39, 0.29) is 31.1 Å². The van der Waals surface area contributed by atoms with Crippen LogP contribution in [0.4, 0.5) is 0 Å². The van der Waals surface area contributed by atoms with Crippen molar-refractivity contribution < 1.29 is 28.6 Å². The molecule has 0 fully saturated rings. The van der Waals surface area contributed by atoms with E-state index in [1.165, 1.54) is 231 Å². The summed E-state index contributed by atoms with van der Waals surface area (Å²) in [6.45, 7) is 6.65. The monoisotopic (exact) mass is 1160 g/mol. The molecule has 6 nitrogen and oxygen atoms in total. The van der Waals surface area contributed by atoms with Crippen LogP contribution < -0.4 is 0 Å². The highest BCUT2D eigenvalue weighted by Crippen LogP contribution is 2.17. The van der Waals surface area contributed by atoms with Crippen LogP contribution in [0, 0.1) is 0 Å². The number of hydrogen-bond acceptors (Lipinski definition) is 6. The fourth-order valence-electron chi connectivity index (χ4n) is 10.4. The van der Waals surface area contributed by atoms with E-state index >= 15 is 0 Å². The molecule has 0 spiro atoms. The third-order valence-electron chi connectivity index (χ3n) is 15.8. The highest BCUT2D eigenvalue weighted by molar-refractivity contribution is 5.71. The normalized spacial score (nSPS) is 12.6. The largest absolute Gasteiger partial charge is 0.462 e. The number of carbonyl (C=O) groups excluding carboxylic acids is 3. The fraction of sp³-hybridized carbons (Fsp3) is 0.779. The average molecular weight is 1160 g/mol. The van der Waals surface area contributed by atoms with Gasteiger partial charge in [-0.05, 0) is 122 Å². The summed E-state index contributed by atoms with van der Waals surface area (Å²) >= 11 is 0.